The first kappa shape index (κ1) is 14.7. The maximum Gasteiger partial charge on any atom is 0.0727 e. The molecule has 3 heteroatoms. The van der Waals surface area contributed by atoms with E-state index in [-0.39, 0.29) is 0 Å². The molecular formula is C20H19BrN2. The Morgan fingerprint density at radius 3 is 2.78 bits per heavy atom. The molecule has 23 heavy (non-hydrogen) atoms. The van der Waals surface area contributed by atoms with Gasteiger partial charge in [-0.15, -0.1) is 0 Å². The van der Waals surface area contributed by atoms with Crippen molar-refractivity contribution in [3.05, 3.63) is 69.8 Å². The predicted octanol–water partition coefficient (Wildman–Crippen LogP) is 4.91. The summed E-state index contributed by atoms with van der Waals surface area (Å²) >= 11 is 3.61. The number of nitrogens with zero attached hydrogens (tertiary/aromatic N) is 2. The maximum absolute atomic E-state index is 4.79. The van der Waals surface area contributed by atoms with Gasteiger partial charge >= 0.3 is 0 Å². The lowest BCUT2D eigenvalue weighted by molar-refractivity contribution is 0.814. The lowest BCUT2D eigenvalue weighted by atomic mass is 10.1. The van der Waals surface area contributed by atoms with E-state index < -0.39 is 0 Å². The summed E-state index contributed by atoms with van der Waals surface area (Å²) in [5.74, 6) is 0. The number of aryl methyl sites for hydroxylation is 1. The Balaban J connectivity index is 1.72. The van der Waals surface area contributed by atoms with Crippen molar-refractivity contribution in [3.63, 3.8) is 0 Å². The molecule has 0 aliphatic carbocycles. The minimum Gasteiger partial charge on any atom is -0.370 e. The van der Waals surface area contributed by atoms with Crippen molar-refractivity contribution >= 4 is 32.5 Å². The fourth-order valence-corrected chi connectivity index (χ4v) is 3.89. The van der Waals surface area contributed by atoms with Crippen molar-refractivity contribution in [2.45, 2.75) is 19.8 Å². The highest BCUT2D eigenvalue weighted by Crippen LogP contribution is 2.37. The first-order chi connectivity index (χ1) is 11.2. The van der Waals surface area contributed by atoms with Crippen LogP contribution in [0.4, 0.5) is 5.69 Å². The predicted molar refractivity (Wildman–Crippen MR) is 100 cm³/mol. The van der Waals surface area contributed by atoms with Gasteiger partial charge in [-0.05, 0) is 49.1 Å². The third kappa shape index (κ3) is 2.74. The van der Waals surface area contributed by atoms with Crippen LogP contribution in [-0.2, 0) is 12.8 Å². The Hall–Kier alpha value is -1.87. The Labute approximate surface area is 145 Å². The Kier molecular flexibility index (Phi) is 3.82. The first-order valence-corrected chi connectivity index (χ1v) is 8.89. The molecular weight excluding hydrogens is 348 g/mol. The quantitative estimate of drug-likeness (QED) is 0.654. The van der Waals surface area contributed by atoms with Gasteiger partial charge in [-0.3, -0.25) is 4.98 Å². The molecule has 0 saturated heterocycles. The molecule has 4 rings (SSSR count). The van der Waals surface area contributed by atoms with Crippen molar-refractivity contribution in [2.24, 2.45) is 0 Å². The van der Waals surface area contributed by atoms with Gasteiger partial charge in [-0.25, -0.2) is 0 Å². The molecule has 0 bridgehead atoms. The molecule has 1 aromatic heterocycles. The van der Waals surface area contributed by atoms with Crippen LogP contribution in [0.1, 0.15) is 16.8 Å². The number of fused-ring (bicyclic) bond motifs is 3. The molecule has 0 N–H and O–H groups in total. The molecule has 0 radical (unpaired) electrons. The van der Waals surface area contributed by atoms with Crippen LogP contribution in [0.15, 0.2) is 53.0 Å². The highest BCUT2D eigenvalue weighted by atomic mass is 79.9. The van der Waals surface area contributed by atoms with Gasteiger partial charge in [-0.2, -0.15) is 0 Å². The van der Waals surface area contributed by atoms with Gasteiger partial charge in [0, 0.05) is 28.6 Å². The average Bonchev–Trinajstić information content (AvgIpc) is 3.00. The SMILES string of the molecule is Cc1nc2ccc(Br)cc2c2c1CCN2CCc1ccccc1. The molecule has 116 valence electrons. The summed E-state index contributed by atoms with van der Waals surface area (Å²) in [5.41, 5.74) is 6.48. The molecule has 0 spiro atoms. The molecule has 0 saturated carbocycles. The monoisotopic (exact) mass is 366 g/mol. The molecule has 1 aliphatic heterocycles. The van der Waals surface area contributed by atoms with Crippen molar-refractivity contribution in [2.75, 3.05) is 18.0 Å². The van der Waals surface area contributed by atoms with Crippen molar-refractivity contribution < 1.29 is 0 Å². The van der Waals surface area contributed by atoms with Crippen LogP contribution in [0, 0.1) is 6.92 Å². The number of aromatic nitrogens is 1. The average molecular weight is 367 g/mol. The van der Waals surface area contributed by atoms with Gasteiger partial charge in [-0.1, -0.05) is 46.3 Å². The molecule has 2 aromatic carbocycles. The van der Waals surface area contributed by atoms with E-state index in [1.165, 1.54) is 27.9 Å². The van der Waals surface area contributed by atoms with Crippen LogP contribution >= 0.6 is 15.9 Å². The zero-order valence-corrected chi connectivity index (χ0v) is 14.8. The van der Waals surface area contributed by atoms with Gasteiger partial charge in [0.15, 0.2) is 0 Å². The number of benzene rings is 2. The van der Waals surface area contributed by atoms with Gasteiger partial charge in [0.1, 0.15) is 0 Å². The second-order valence-corrected chi connectivity index (χ2v) is 7.07. The van der Waals surface area contributed by atoms with Crippen LogP contribution in [0.2, 0.25) is 0 Å². The van der Waals surface area contributed by atoms with Crippen molar-refractivity contribution in [1.29, 1.82) is 0 Å². The van der Waals surface area contributed by atoms with E-state index in [0.29, 0.717) is 0 Å². The molecule has 3 aromatic rings. The Bertz CT molecular complexity index is 858. The molecule has 0 unspecified atom stereocenters. The van der Waals surface area contributed by atoms with Crippen LogP contribution in [0.25, 0.3) is 10.9 Å². The van der Waals surface area contributed by atoms with Crippen molar-refractivity contribution in [3.8, 4) is 0 Å². The van der Waals surface area contributed by atoms with Gasteiger partial charge in [0.2, 0.25) is 0 Å². The standard InChI is InChI=1S/C20H19BrN2/c1-14-17-10-12-23(11-9-15-5-3-2-4-6-15)20(17)18-13-16(21)7-8-19(18)22-14/h2-8,13H,9-12H2,1H3. The highest BCUT2D eigenvalue weighted by molar-refractivity contribution is 9.10. The van der Waals surface area contributed by atoms with Crippen LogP contribution in [-0.4, -0.2) is 18.1 Å². The third-order valence-corrected chi connectivity index (χ3v) is 5.18. The Morgan fingerprint density at radius 2 is 1.96 bits per heavy atom. The summed E-state index contributed by atoms with van der Waals surface area (Å²) in [7, 11) is 0. The third-order valence-electron chi connectivity index (χ3n) is 4.69. The smallest absolute Gasteiger partial charge is 0.0727 e. The fourth-order valence-electron chi connectivity index (χ4n) is 3.53. The molecule has 2 nitrogen and oxygen atoms in total. The number of hydrogen-bond acceptors (Lipinski definition) is 2. The minimum absolute atomic E-state index is 1.06. The Morgan fingerprint density at radius 1 is 1.13 bits per heavy atom. The van der Waals surface area contributed by atoms with Gasteiger partial charge in [0.25, 0.3) is 0 Å². The van der Waals surface area contributed by atoms with E-state index in [1.807, 2.05) is 0 Å². The second-order valence-electron chi connectivity index (χ2n) is 6.16. The van der Waals surface area contributed by atoms with E-state index in [0.717, 1.165) is 35.9 Å². The summed E-state index contributed by atoms with van der Waals surface area (Å²) in [5, 5.41) is 1.27. The maximum atomic E-state index is 4.79. The van der Waals surface area contributed by atoms with E-state index in [9.17, 15) is 0 Å². The molecule has 0 atom stereocenters. The second kappa shape index (κ2) is 5.97. The summed E-state index contributed by atoms with van der Waals surface area (Å²) < 4.78 is 1.12. The first-order valence-electron chi connectivity index (χ1n) is 8.10. The van der Waals surface area contributed by atoms with E-state index in [2.05, 4.69) is 76.3 Å². The highest BCUT2D eigenvalue weighted by Gasteiger charge is 2.24. The van der Waals surface area contributed by atoms with E-state index in [4.69, 9.17) is 4.98 Å². The van der Waals surface area contributed by atoms with E-state index in [1.54, 1.807) is 0 Å². The lowest BCUT2D eigenvalue weighted by Crippen LogP contribution is -2.23. The van der Waals surface area contributed by atoms with E-state index >= 15 is 0 Å². The summed E-state index contributed by atoms with van der Waals surface area (Å²) in [6, 6.07) is 17.1. The summed E-state index contributed by atoms with van der Waals surface area (Å²) in [6.07, 6.45) is 2.18. The van der Waals surface area contributed by atoms with Gasteiger partial charge < -0.3 is 4.90 Å². The van der Waals surface area contributed by atoms with Crippen LogP contribution in [0.5, 0.6) is 0 Å². The molecule has 1 aliphatic rings. The largest absolute Gasteiger partial charge is 0.370 e. The molecule has 2 heterocycles. The minimum atomic E-state index is 1.06. The normalized spacial score (nSPS) is 13.6. The van der Waals surface area contributed by atoms with Crippen molar-refractivity contribution in [1.82, 2.24) is 4.98 Å². The zero-order chi connectivity index (χ0) is 15.8. The number of rotatable bonds is 3. The summed E-state index contributed by atoms with van der Waals surface area (Å²) in [4.78, 5) is 7.33. The number of anilines is 1. The fraction of sp³-hybridized carbons (Fsp3) is 0.250. The zero-order valence-electron chi connectivity index (χ0n) is 13.2. The number of pyridine rings is 1. The topological polar surface area (TPSA) is 16.1 Å². The lowest BCUT2D eigenvalue weighted by Gasteiger charge is -2.21. The molecule has 0 amide bonds. The van der Waals surface area contributed by atoms with Crippen LogP contribution < -0.4 is 4.90 Å². The number of hydrogen-bond donors (Lipinski definition) is 0. The number of halogens is 1. The molecule has 0 fully saturated rings. The van der Waals surface area contributed by atoms with Crippen LogP contribution in [0.3, 0.4) is 0 Å². The van der Waals surface area contributed by atoms with Gasteiger partial charge in [0.05, 0.1) is 11.2 Å². The summed E-state index contributed by atoms with van der Waals surface area (Å²) in [6.45, 7) is 4.29.